The van der Waals surface area contributed by atoms with Crippen molar-refractivity contribution in [1.82, 2.24) is 0 Å². The molecule has 0 unspecified atom stereocenters. The highest BCUT2D eigenvalue weighted by Gasteiger charge is 2.52. The lowest BCUT2D eigenvalue weighted by Crippen LogP contribution is -2.41. The van der Waals surface area contributed by atoms with Gasteiger partial charge in [-0.3, -0.25) is 0 Å². The number of rotatable bonds is 2. The molecule has 0 aliphatic carbocycles. The number of ether oxygens (including phenoxy) is 2. The van der Waals surface area contributed by atoms with Gasteiger partial charge in [-0.05, 0) is 68.5 Å². The normalized spacial score (nSPS) is 23.8. The molecule has 0 saturated heterocycles. The summed E-state index contributed by atoms with van der Waals surface area (Å²) in [6.07, 6.45) is 4.43. The Morgan fingerprint density at radius 3 is 2.66 bits per heavy atom. The van der Waals surface area contributed by atoms with Crippen LogP contribution < -0.4 is 14.4 Å². The molecule has 3 aliphatic rings. The highest BCUT2D eigenvalue weighted by Crippen LogP contribution is 2.40. The Labute approximate surface area is 172 Å². The van der Waals surface area contributed by atoms with E-state index in [1.54, 1.807) is 0 Å². The number of nitrogens with zero attached hydrogens (tertiary/aromatic N) is 2. The van der Waals surface area contributed by atoms with Crippen molar-refractivity contribution in [2.45, 2.75) is 45.3 Å². The highest BCUT2D eigenvalue weighted by molar-refractivity contribution is 5.96. The molecule has 5 heteroatoms. The molecule has 3 heterocycles. The fraction of sp³-hybridized carbons (Fsp3) is 0.458. The Balaban J connectivity index is 1.62. The minimum Gasteiger partial charge on any atom is -0.486 e. The van der Waals surface area contributed by atoms with Crippen molar-refractivity contribution < 1.29 is 19.2 Å². The van der Waals surface area contributed by atoms with E-state index in [9.17, 15) is 5.11 Å². The van der Waals surface area contributed by atoms with Gasteiger partial charge in [0.2, 0.25) is 0 Å². The van der Waals surface area contributed by atoms with E-state index in [0.717, 1.165) is 42.9 Å². The molecule has 0 bridgehead atoms. The minimum atomic E-state index is -1.08. The Bertz CT molecular complexity index is 984. The van der Waals surface area contributed by atoms with Crippen LogP contribution in [0.25, 0.3) is 0 Å². The zero-order valence-electron chi connectivity index (χ0n) is 17.3. The molecule has 152 valence electrons. The van der Waals surface area contributed by atoms with E-state index in [2.05, 4.69) is 41.5 Å². The van der Waals surface area contributed by atoms with Gasteiger partial charge in [0.1, 0.15) is 18.9 Å². The van der Waals surface area contributed by atoms with Crippen LogP contribution in [-0.2, 0) is 5.72 Å². The van der Waals surface area contributed by atoms with Crippen molar-refractivity contribution in [2.24, 2.45) is 0 Å². The van der Waals surface area contributed by atoms with Crippen LogP contribution in [0.3, 0.4) is 0 Å². The van der Waals surface area contributed by atoms with Crippen LogP contribution in [0, 0.1) is 13.8 Å². The Hall–Kier alpha value is -2.53. The summed E-state index contributed by atoms with van der Waals surface area (Å²) in [7, 11) is 0. The van der Waals surface area contributed by atoms with Crippen molar-refractivity contribution in [3.8, 4) is 11.5 Å². The smallest absolute Gasteiger partial charge is 0.271 e. The molecule has 0 spiro atoms. The maximum absolute atomic E-state index is 12.0. The van der Waals surface area contributed by atoms with Crippen molar-refractivity contribution in [3.63, 3.8) is 0 Å². The second-order valence-corrected chi connectivity index (χ2v) is 8.43. The first kappa shape index (κ1) is 18.5. The third kappa shape index (κ3) is 3.08. The predicted molar refractivity (Wildman–Crippen MR) is 113 cm³/mol. The molecule has 1 atom stereocenters. The molecule has 0 amide bonds. The number of aryl methyl sites for hydroxylation is 2. The first-order valence-electron chi connectivity index (χ1n) is 10.7. The molecule has 0 aromatic heterocycles. The van der Waals surface area contributed by atoms with Gasteiger partial charge in [0.25, 0.3) is 11.6 Å². The Morgan fingerprint density at radius 1 is 0.966 bits per heavy atom. The van der Waals surface area contributed by atoms with Gasteiger partial charge in [-0.25, -0.2) is 9.48 Å². The number of anilines is 1. The van der Waals surface area contributed by atoms with Gasteiger partial charge in [0.15, 0.2) is 18.0 Å². The van der Waals surface area contributed by atoms with Crippen LogP contribution in [0.15, 0.2) is 36.4 Å². The van der Waals surface area contributed by atoms with E-state index < -0.39 is 5.72 Å². The van der Waals surface area contributed by atoms with E-state index in [1.165, 1.54) is 29.1 Å². The quantitative estimate of drug-likeness (QED) is 0.790. The molecule has 0 radical (unpaired) electrons. The van der Waals surface area contributed by atoms with Crippen molar-refractivity contribution in [3.05, 3.63) is 53.1 Å². The van der Waals surface area contributed by atoms with Crippen molar-refractivity contribution in [2.75, 3.05) is 31.2 Å². The van der Waals surface area contributed by atoms with Gasteiger partial charge in [0.05, 0.1) is 6.54 Å². The number of benzene rings is 2. The molecule has 0 fully saturated rings. The summed E-state index contributed by atoms with van der Waals surface area (Å²) in [5.74, 6) is 2.71. The Morgan fingerprint density at radius 2 is 1.79 bits per heavy atom. The number of hydrogen-bond donors (Lipinski definition) is 1. The lowest BCUT2D eigenvalue weighted by atomic mass is 10.0. The SMILES string of the molecule is Cc1ccc(C)c(N2C[C@@](O)(c3ccc4c(c3)OCCO4)[N+]3=C2CCCCC3)c1. The maximum atomic E-state index is 12.0. The van der Waals surface area contributed by atoms with E-state index in [0.29, 0.717) is 19.8 Å². The number of fused-ring (bicyclic) bond motifs is 1. The molecule has 1 N–H and O–H groups in total. The van der Waals surface area contributed by atoms with E-state index in [1.807, 2.05) is 18.2 Å². The lowest BCUT2D eigenvalue weighted by Gasteiger charge is -2.26. The number of β-amino-alcohol motifs (C(OH)–C–C–N with tert-alkyl or cyclic N) is 1. The summed E-state index contributed by atoms with van der Waals surface area (Å²) in [4.78, 5) is 2.34. The van der Waals surface area contributed by atoms with Crippen molar-refractivity contribution in [1.29, 1.82) is 0 Å². The van der Waals surface area contributed by atoms with Crippen LogP contribution in [-0.4, -0.2) is 41.8 Å². The second-order valence-electron chi connectivity index (χ2n) is 8.43. The summed E-state index contributed by atoms with van der Waals surface area (Å²) in [5, 5.41) is 12.0. The summed E-state index contributed by atoms with van der Waals surface area (Å²) >= 11 is 0. The molecule has 2 aromatic rings. The predicted octanol–water partition coefficient (Wildman–Crippen LogP) is 3.72. The number of amidine groups is 1. The molecular formula is C24H29N2O3+. The minimum absolute atomic E-state index is 0.520. The van der Waals surface area contributed by atoms with Gasteiger partial charge in [0, 0.05) is 12.0 Å². The zero-order chi connectivity index (χ0) is 20.0. The standard InChI is InChI=1S/C24H29N2O3/c1-17-7-8-18(2)20(14-17)25-16-24(27,26-11-5-3-4-6-23(25)26)19-9-10-21-22(15-19)29-13-12-28-21/h7-10,14-15,27H,3-6,11-13,16H2,1-2H3/q+1/t24-/m1/s1. The molecule has 2 aromatic carbocycles. The van der Waals surface area contributed by atoms with Gasteiger partial charge in [-0.2, -0.15) is 0 Å². The van der Waals surface area contributed by atoms with Gasteiger partial charge in [-0.15, -0.1) is 0 Å². The number of aliphatic hydroxyl groups is 1. The Kier molecular flexibility index (Phi) is 4.50. The fourth-order valence-corrected chi connectivity index (χ4v) is 4.84. The highest BCUT2D eigenvalue weighted by atomic mass is 16.6. The average Bonchev–Trinajstić information content (AvgIpc) is 2.88. The number of hydrogen-bond acceptors (Lipinski definition) is 4. The van der Waals surface area contributed by atoms with Crippen LogP contribution in [0.4, 0.5) is 5.69 Å². The van der Waals surface area contributed by atoms with E-state index in [-0.39, 0.29) is 0 Å². The zero-order valence-corrected chi connectivity index (χ0v) is 17.3. The summed E-state index contributed by atoms with van der Waals surface area (Å²) in [5.41, 5.74) is 3.46. The van der Waals surface area contributed by atoms with Crippen LogP contribution >= 0.6 is 0 Å². The molecule has 5 nitrogen and oxygen atoms in total. The maximum Gasteiger partial charge on any atom is 0.271 e. The third-order valence-electron chi connectivity index (χ3n) is 6.39. The molecule has 0 saturated carbocycles. The molecule has 5 rings (SSSR count). The molecule has 3 aliphatic heterocycles. The summed E-state index contributed by atoms with van der Waals surface area (Å²) < 4.78 is 13.7. The van der Waals surface area contributed by atoms with Crippen LogP contribution in [0.2, 0.25) is 0 Å². The monoisotopic (exact) mass is 393 g/mol. The van der Waals surface area contributed by atoms with Gasteiger partial charge >= 0.3 is 0 Å². The lowest BCUT2D eigenvalue weighted by molar-refractivity contribution is -0.658. The summed E-state index contributed by atoms with van der Waals surface area (Å²) in [6.45, 7) is 6.78. The topological polar surface area (TPSA) is 44.9 Å². The van der Waals surface area contributed by atoms with Gasteiger partial charge < -0.3 is 14.6 Å². The van der Waals surface area contributed by atoms with Crippen LogP contribution in [0.1, 0.15) is 42.4 Å². The first-order chi connectivity index (χ1) is 14.1. The largest absolute Gasteiger partial charge is 0.486 e. The second kappa shape index (κ2) is 7.06. The average molecular weight is 394 g/mol. The summed E-state index contributed by atoms with van der Waals surface area (Å²) in [6, 6.07) is 12.4. The van der Waals surface area contributed by atoms with Crippen molar-refractivity contribution >= 4 is 11.5 Å². The van der Waals surface area contributed by atoms with Crippen LogP contribution in [0.5, 0.6) is 11.5 Å². The molecular weight excluding hydrogens is 364 g/mol. The third-order valence-corrected chi connectivity index (χ3v) is 6.39. The first-order valence-corrected chi connectivity index (χ1v) is 10.7. The van der Waals surface area contributed by atoms with E-state index in [4.69, 9.17) is 9.47 Å². The van der Waals surface area contributed by atoms with Gasteiger partial charge in [-0.1, -0.05) is 12.1 Å². The van der Waals surface area contributed by atoms with E-state index >= 15 is 0 Å². The molecule has 29 heavy (non-hydrogen) atoms. The fourth-order valence-electron chi connectivity index (χ4n) is 4.84.